The standard InChI is InChI=1S/C11H12N4O2S/c1-12-18(16,17)10-4-2-9(3-5-10)15-11-6-7-13-8-14-11/h2-8,12H,1H3,(H,13,14,15). The highest BCUT2D eigenvalue weighted by Gasteiger charge is 2.10. The van der Waals surface area contributed by atoms with Crippen LogP contribution >= 0.6 is 0 Å². The smallest absolute Gasteiger partial charge is 0.240 e. The molecule has 0 spiro atoms. The summed E-state index contributed by atoms with van der Waals surface area (Å²) in [5.74, 6) is 0.647. The molecule has 1 aromatic carbocycles. The van der Waals surface area contributed by atoms with Gasteiger partial charge in [0.2, 0.25) is 10.0 Å². The quantitative estimate of drug-likeness (QED) is 0.864. The van der Waals surface area contributed by atoms with Crippen LogP contribution in [0.5, 0.6) is 0 Å². The first-order valence-corrected chi connectivity index (χ1v) is 6.67. The molecule has 0 aliphatic heterocycles. The molecule has 0 bridgehead atoms. The summed E-state index contributed by atoms with van der Waals surface area (Å²) in [7, 11) is -2.01. The molecule has 18 heavy (non-hydrogen) atoms. The Morgan fingerprint density at radius 2 is 1.83 bits per heavy atom. The number of nitrogens with one attached hydrogen (secondary N) is 2. The zero-order valence-corrected chi connectivity index (χ0v) is 10.5. The highest BCUT2D eigenvalue weighted by Crippen LogP contribution is 2.16. The molecule has 1 heterocycles. The van der Waals surface area contributed by atoms with E-state index in [1.54, 1.807) is 24.4 Å². The number of anilines is 2. The minimum Gasteiger partial charge on any atom is -0.340 e. The summed E-state index contributed by atoms with van der Waals surface area (Å²) in [6, 6.07) is 8.11. The fraction of sp³-hybridized carbons (Fsp3) is 0.0909. The van der Waals surface area contributed by atoms with Crippen LogP contribution < -0.4 is 10.0 Å². The predicted molar refractivity (Wildman–Crippen MR) is 68.0 cm³/mol. The Morgan fingerprint density at radius 3 is 2.39 bits per heavy atom. The number of nitrogens with zero attached hydrogens (tertiary/aromatic N) is 2. The Kier molecular flexibility index (Phi) is 3.54. The molecule has 0 radical (unpaired) electrons. The van der Waals surface area contributed by atoms with Gasteiger partial charge < -0.3 is 5.32 Å². The van der Waals surface area contributed by atoms with E-state index in [2.05, 4.69) is 20.0 Å². The SMILES string of the molecule is CNS(=O)(=O)c1ccc(Nc2ccncn2)cc1. The predicted octanol–water partition coefficient (Wildman–Crippen LogP) is 1.13. The normalized spacial score (nSPS) is 11.2. The van der Waals surface area contributed by atoms with Crippen LogP contribution in [0.15, 0.2) is 47.8 Å². The number of hydrogen-bond acceptors (Lipinski definition) is 5. The summed E-state index contributed by atoms with van der Waals surface area (Å²) >= 11 is 0. The molecule has 0 saturated carbocycles. The van der Waals surface area contributed by atoms with Gasteiger partial charge in [0.15, 0.2) is 0 Å². The van der Waals surface area contributed by atoms with Crippen LogP contribution in [0.4, 0.5) is 11.5 Å². The molecule has 0 atom stereocenters. The zero-order valence-electron chi connectivity index (χ0n) is 9.66. The van der Waals surface area contributed by atoms with Crippen molar-refractivity contribution in [2.45, 2.75) is 4.90 Å². The van der Waals surface area contributed by atoms with Gasteiger partial charge in [0.05, 0.1) is 4.90 Å². The lowest BCUT2D eigenvalue weighted by atomic mass is 10.3. The maximum atomic E-state index is 11.5. The third-order valence-corrected chi connectivity index (χ3v) is 3.72. The first kappa shape index (κ1) is 12.5. The van der Waals surface area contributed by atoms with Crippen molar-refractivity contribution in [2.75, 3.05) is 12.4 Å². The second-order valence-corrected chi connectivity index (χ2v) is 5.34. The molecule has 0 aliphatic rings. The first-order chi connectivity index (χ1) is 8.62. The lowest BCUT2D eigenvalue weighted by molar-refractivity contribution is 0.588. The summed E-state index contributed by atoms with van der Waals surface area (Å²) in [6.45, 7) is 0. The molecular formula is C11H12N4O2S. The van der Waals surface area contributed by atoms with E-state index >= 15 is 0 Å². The van der Waals surface area contributed by atoms with E-state index in [0.717, 1.165) is 5.69 Å². The molecule has 7 heteroatoms. The minimum atomic E-state index is -3.39. The molecule has 0 aliphatic carbocycles. The van der Waals surface area contributed by atoms with Crippen LogP contribution in [-0.2, 0) is 10.0 Å². The maximum absolute atomic E-state index is 11.5. The average Bonchev–Trinajstić information content (AvgIpc) is 2.40. The Bertz CT molecular complexity index is 611. The van der Waals surface area contributed by atoms with Crippen molar-refractivity contribution in [2.24, 2.45) is 0 Å². The third-order valence-electron chi connectivity index (χ3n) is 2.29. The molecule has 6 nitrogen and oxygen atoms in total. The summed E-state index contributed by atoms with van der Waals surface area (Å²) in [6.07, 6.45) is 3.05. The van der Waals surface area contributed by atoms with Crippen molar-refractivity contribution in [3.8, 4) is 0 Å². The van der Waals surface area contributed by atoms with Gasteiger partial charge in [-0.2, -0.15) is 0 Å². The van der Waals surface area contributed by atoms with Gasteiger partial charge in [-0.1, -0.05) is 0 Å². The van der Waals surface area contributed by atoms with Crippen LogP contribution in [0.2, 0.25) is 0 Å². The average molecular weight is 264 g/mol. The van der Waals surface area contributed by atoms with E-state index in [1.165, 1.54) is 25.5 Å². The highest BCUT2D eigenvalue weighted by molar-refractivity contribution is 7.89. The van der Waals surface area contributed by atoms with Crippen LogP contribution in [0, 0.1) is 0 Å². The molecule has 94 valence electrons. The van der Waals surface area contributed by atoms with Crippen molar-refractivity contribution >= 4 is 21.5 Å². The van der Waals surface area contributed by atoms with Gasteiger partial charge in [0.25, 0.3) is 0 Å². The topological polar surface area (TPSA) is 84.0 Å². The van der Waals surface area contributed by atoms with Crippen molar-refractivity contribution in [1.82, 2.24) is 14.7 Å². The van der Waals surface area contributed by atoms with Crippen molar-refractivity contribution in [3.63, 3.8) is 0 Å². The van der Waals surface area contributed by atoms with Gasteiger partial charge >= 0.3 is 0 Å². The van der Waals surface area contributed by atoms with E-state index in [-0.39, 0.29) is 4.90 Å². The van der Waals surface area contributed by atoms with Crippen LogP contribution in [0.1, 0.15) is 0 Å². The van der Waals surface area contributed by atoms with E-state index in [9.17, 15) is 8.42 Å². The number of sulfonamides is 1. The number of aromatic nitrogens is 2. The van der Waals surface area contributed by atoms with Gasteiger partial charge in [-0.15, -0.1) is 0 Å². The Hall–Kier alpha value is -1.99. The summed E-state index contributed by atoms with van der Waals surface area (Å²) in [5, 5.41) is 3.03. The first-order valence-electron chi connectivity index (χ1n) is 5.18. The fourth-order valence-electron chi connectivity index (χ4n) is 1.35. The molecule has 1 aromatic heterocycles. The Morgan fingerprint density at radius 1 is 1.11 bits per heavy atom. The largest absolute Gasteiger partial charge is 0.340 e. The molecule has 2 aromatic rings. The van der Waals surface area contributed by atoms with Crippen molar-refractivity contribution in [1.29, 1.82) is 0 Å². The fourth-order valence-corrected chi connectivity index (χ4v) is 2.08. The minimum absolute atomic E-state index is 0.221. The molecule has 0 unspecified atom stereocenters. The van der Waals surface area contributed by atoms with Crippen molar-refractivity contribution < 1.29 is 8.42 Å². The molecule has 2 rings (SSSR count). The Balaban J connectivity index is 2.19. The summed E-state index contributed by atoms with van der Waals surface area (Å²) < 4.78 is 25.3. The molecular weight excluding hydrogens is 252 g/mol. The lowest BCUT2D eigenvalue weighted by Crippen LogP contribution is -2.18. The zero-order chi connectivity index (χ0) is 13.0. The summed E-state index contributed by atoms with van der Waals surface area (Å²) in [5.41, 5.74) is 0.753. The summed E-state index contributed by atoms with van der Waals surface area (Å²) in [4.78, 5) is 8.03. The van der Waals surface area contributed by atoms with Gasteiger partial charge in [-0.3, -0.25) is 0 Å². The second kappa shape index (κ2) is 5.11. The van der Waals surface area contributed by atoms with Crippen LogP contribution in [-0.4, -0.2) is 25.4 Å². The number of rotatable bonds is 4. The maximum Gasteiger partial charge on any atom is 0.240 e. The molecule has 0 fully saturated rings. The molecule has 2 N–H and O–H groups in total. The number of hydrogen-bond donors (Lipinski definition) is 2. The van der Waals surface area contributed by atoms with E-state index in [4.69, 9.17) is 0 Å². The van der Waals surface area contributed by atoms with Gasteiger partial charge in [-0.25, -0.2) is 23.1 Å². The van der Waals surface area contributed by atoms with E-state index < -0.39 is 10.0 Å². The Labute approximate surface area is 105 Å². The monoisotopic (exact) mass is 264 g/mol. The highest BCUT2D eigenvalue weighted by atomic mass is 32.2. The second-order valence-electron chi connectivity index (χ2n) is 3.45. The van der Waals surface area contributed by atoms with Crippen molar-refractivity contribution in [3.05, 3.63) is 42.9 Å². The molecule has 0 amide bonds. The molecule has 0 saturated heterocycles. The van der Waals surface area contributed by atoms with Gasteiger partial charge in [0, 0.05) is 11.9 Å². The van der Waals surface area contributed by atoms with E-state index in [1.807, 2.05) is 0 Å². The van der Waals surface area contributed by atoms with E-state index in [0.29, 0.717) is 5.82 Å². The van der Waals surface area contributed by atoms with Gasteiger partial charge in [-0.05, 0) is 37.4 Å². The number of benzene rings is 1. The van der Waals surface area contributed by atoms with Crippen LogP contribution in [0.25, 0.3) is 0 Å². The van der Waals surface area contributed by atoms with Crippen LogP contribution in [0.3, 0.4) is 0 Å². The lowest BCUT2D eigenvalue weighted by Gasteiger charge is -2.06. The van der Waals surface area contributed by atoms with Gasteiger partial charge in [0.1, 0.15) is 12.1 Å². The third kappa shape index (κ3) is 2.82.